The molecule has 5 heteroatoms. The molecule has 2 N–H and O–H groups in total. The van der Waals surface area contributed by atoms with E-state index in [0.717, 1.165) is 0 Å². The molecule has 140 valence electrons. The minimum atomic E-state index is -1.08. The number of hydrogen-bond donors (Lipinski definition) is 2. The molecule has 1 unspecified atom stereocenters. The molecule has 0 bridgehead atoms. The molecular formula is C21H27NO4. The number of allylic oxidation sites excluding steroid dienone is 2. The molecule has 26 heavy (non-hydrogen) atoms. The molecule has 2 aliphatic rings. The van der Waals surface area contributed by atoms with Crippen LogP contribution in [0.25, 0.3) is 0 Å². The molecule has 1 saturated heterocycles. The number of nitrogens with zero attached hydrogens (tertiary/aromatic N) is 1. The van der Waals surface area contributed by atoms with E-state index in [9.17, 15) is 9.59 Å². The Hall–Kier alpha value is -2.40. The summed E-state index contributed by atoms with van der Waals surface area (Å²) in [6.45, 7) is 5.37. The lowest BCUT2D eigenvalue weighted by molar-refractivity contribution is -0.145. The van der Waals surface area contributed by atoms with E-state index < -0.39 is 17.4 Å². The van der Waals surface area contributed by atoms with Crippen molar-refractivity contribution in [3.05, 3.63) is 59.7 Å². The van der Waals surface area contributed by atoms with Crippen molar-refractivity contribution in [3.63, 3.8) is 0 Å². The first kappa shape index (κ1) is 19.9. The predicted molar refractivity (Wildman–Crippen MR) is 101 cm³/mol. The smallest absolute Gasteiger partial charge is 0.331 e. The van der Waals surface area contributed by atoms with Crippen LogP contribution in [0.4, 0.5) is 0 Å². The van der Waals surface area contributed by atoms with Crippen molar-refractivity contribution in [1.82, 2.24) is 4.90 Å². The minimum Gasteiger partial charge on any atom is -0.481 e. The van der Waals surface area contributed by atoms with Gasteiger partial charge in [-0.25, -0.2) is 4.79 Å². The molecule has 1 aliphatic carbocycles. The molecule has 5 nitrogen and oxygen atoms in total. The highest BCUT2D eigenvalue weighted by Gasteiger charge is 2.34. The van der Waals surface area contributed by atoms with Gasteiger partial charge in [0.15, 0.2) is 0 Å². The highest BCUT2D eigenvalue weighted by atomic mass is 16.4. The van der Waals surface area contributed by atoms with Crippen LogP contribution in [0.5, 0.6) is 0 Å². The second-order valence-corrected chi connectivity index (χ2v) is 7.04. The third-order valence-electron chi connectivity index (χ3n) is 4.84. The van der Waals surface area contributed by atoms with Gasteiger partial charge in [-0.3, -0.25) is 4.79 Å². The topological polar surface area (TPSA) is 77.8 Å². The van der Waals surface area contributed by atoms with Gasteiger partial charge in [0.2, 0.25) is 0 Å². The molecular weight excluding hydrogens is 330 g/mol. The van der Waals surface area contributed by atoms with Gasteiger partial charge in [0, 0.05) is 12.1 Å². The Bertz CT molecular complexity index is 675. The summed E-state index contributed by atoms with van der Waals surface area (Å²) in [7, 11) is 0. The number of aliphatic carboxylic acids is 2. The van der Waals surface area contributed by atoms with Gasteiger partial charge >= 0.3 is 11.9 Å². The van der Waals surface area contributed by atoms with Gasteiger partial charge in [-0.05, 0) is 51.3 Å². The average molecular weight is 357 g/mol. The Kier molecular flexibility index (Phi) is 7.16. The van der Waals surface area contributed by atoms with E-state index in [-0.39, 0.29) is 12.0 Å². The van der Waals surface area contributed by atoms with Crippen LogP contribution in [-0.4, -0.2) is 46.7 Å². The fourth-order valence-corrected chi connectivity index (χ4v) is 3.12. The van der Waals surface area contributed by atoms with Gasteiger partial charge in [-0.15, -0.1) is 0 Å². The number of hydrogen-bond acceptors (Lipinski definition) is 3. The molecule has 1 aromatic rings. The quantitative estimate of drug-likeness (QED) is 0.845. The van der Waals surface area contributed by atoms with Crippen LogP contribution < -0.4 is 0 Å². The molecule has 3 rings (SSSR count). The largest absolute Gasteiger partial charge is 0.481 e. The number of rotatable bonds is 5. The zero-order valence-corrected chi connectivity index (χ0v) is 15.2. The standard InChI is InChI=1S/C12H17N.C9H10O4/c1-2-6-12(7-3-1)8-11-13-9-4-5-10-13;1-9(8(12)13)4-2-3-6(5-9)7(10)11/h1-3,6-7H,4-5,8-11H2;2-4H,5H2,1H3,(H,10,11)(H,12,13). The van der Waals surface area contributed by atoms with Crippen molar-refractivity contribution in [2.75, 3.05) is 19.6 Å². The van der Waals surface area contributed by atoms with Crippen LogP contribution in [0.3, 0.4) is 0 Å². The van der Waals surface area contributed by atoms with Gasteiger partial charge < -0.3 is 15.1 Å². The summed E-state index contributed by atoms with van der Waals surface area (Å²) < 4.78 is 0. The van der Waals surface area contributed by atoms with E-state index in [1.165, 1.54) is 69.6 Å². The van der Waals surface area contributed by atoms with Crippen molar-refractivity contribution >= 4 is 11.9 Å². The number of likely N-dealkylation sites (tertiary alicyclic amines) is 1. The Balaban J connectivity index is 0.000000187. The Labute approximate surface area is 154 Å². The van der Waals surface area contributed by atoms with Crippen LogP contribution in [0, 0.1) is 5.41 Å². The summed E-state index contributed by atoms with van der Waals surface area (Å²) in [6.07, 6.45) is 8.44. The molecule has 0 saturated carbocycles. The lowest BCUT2D eigenvalue weighted by Gasteiger charge is -2.23. The first-order chi connectivity index (χ1) is 12.4. The highest BCUT2D eigenvalue weighted by Crippen LogP contribution is 2.31. The maximum absolute atomic E-state index is 10.8. The van der Waals surface area contributed by atoms with Crippen molar-refractivity contribution in [3.8, 4) is 0 Å². The average Bonchev–Trinajstić information content (AvgIpc) is 3.15. The summed E-state index contributed by atoms with van der Waals surface area (Å²) in [5.41, 5.74) is 0.518. The second kappa shape index (κ2) is 9.34. The van der Waals surface area contributed by atoms with Gasteiger partial charge in [-0.1, -0.05) is 48.6 Å². The number of benzene rings is 1. The van der Waals surface area contributed by atoms with E-state index in [1.807, 2.05) is 0 Å². The SMILES string of the molecule is CC1(C(=O)O)C=CC=C(C(=O)O)C1.c1ccc(CCN2CCCC2)cc1. The zero-order chi connectivity index (χ0) is 19.0. The summed E-state index contributed by atoms with van der Waals surface area (Å²) >= 11 is 0. The third-order valence-corrected chi connectivity index (χ3v) is 4.84. The van der Waals surface area contributed by atoms with Gasteiger partial charge in [-0.2, -0.15) is 0 Å². The molecule has 1 atom stereocenters. The maximum Gasteiger partial charge on any atom is 0.331 e. The fraction of sp³-hybridized carbons (Fsp3) is 0.429. The fourth-order valence-electron chi connectivity index (χ4n) is 3.12. The molecule has 0 amide bonds. The van der Waals surface area contributed by atoms with E-state index >= 15 is 0 Å². The molecule has 1 aromatic carbocycles. The Morgan fingerprint density at radius 3 is 2.35 bits per heavy atom. The lowest BCUT2D eigenvalue weighted by Crippen LogP contribution is -2.28. The van der Waals surface area contributed by atoms with E-state index in [1.54, 1.807) is 0 Å². The second-order valence-electron chi connectivity index (χ2n) is 7.04. The minimum absolute atomic E-state index is 0.0359. The monoisotopic (exact) mass is 357 g/mol. The number of carboxylic acid groups (broad SMARTS) is 2. The Morgan fingerprint density at radius 2 is 1.77 bits per heavy atom. The predicted octanol–water partition coefficient (Wildman–Crippen LogP) is 3.37. The number of carboxylic acids is 2. The molecule has 0 aromatic heterocycles. The van der Waals surface area contributed by atoms with Crippen molar-refractivity contribution in [2.45, 2.75) is 32.6 Å². The zero-order valence-electron chi connectivity index (χ0n) is 15.2. The van der Waals surface area contributed by atoms with E-state index in [4.69, 9.17) is 10.2 Å². The Morgan fingerprint density at radius 1 is 1.12 bits per heavy atom. The third kappa shape index (κ3) is 5.85. The lowest BCUT2D eigenvalue weighted by atomic mass is 9.80. The van der Waals surface area contributed by atoms with Crippen LogP contribution in [-0.2, 0) is 16.0 Å². The molecule has 1 heterocycles. The van der Waals surface area contributed by atoms with Crippen LogP contribution >= 0.6 is 0 Å². The summed E-state index contributed by atoms with van der Waals surface area (Å²) in [4.78, 5) is 23.9. The molecule has 0 spiro atoms. The van der Waals surface area contributed by atoms with Crippen molar-refractivity contribution in [2.24, 2.45) is 5.41 Å². The molecule has 1 fully saturated rings. The summed E-state index contributed by atoms with van der Waals surface area (Å²) in [5.74, 6) is -2.06. The summed E-state index contributed by atoms with van der Waals surface area (Å²) in [5, 5.41) is 17.5. The van der Waals surface area contributed by atoms with Crippen LogP contribution in [0.1, 0.15) is 31.7 Å². The van der Waals surface area contributed by atoms with Gasteiger partial charge in [0.05, 0.1) is 5.41 Å². The van der Waals surface area contributed by atoms with Crippen LogP contribution in [0.2, 0.25) is 0 Å². The van der Waals surface area contributed by atoms with E-state index in [0.29, 0.717) is 0 Å². The normalized spacial score (nSPS) is 22.3. The van der Waals surface area contributed by atoms with Crippen molar-refractivity contribution < 1.29 is 19.8 Å². The summed E-state index contributed by atoms with van der Waals surface area (Å²) in [6, 6.07) is 10.8. The molecule has 1 aliphatic heterocycles. The maximum atomic E-state index is 10.8. The first-order valence-electron chi connectivity index (χ1n) is 9.02. The van der Waals surface area contributed by atoms with Crippen LogP contribution in [0.15, 0.2) is 54.1 Å². The number of carbonyl (C=O) groups is 2. The van der Waals surface area contributed by atoms with E-state index in [2.05, 4.69) is 35.2 Å². The molecule has 0 radical (unpaired) electrons. The van der Waals surface area contributed by atoms with Gasteiger partial charge in [0.1, 0.15) is 0 Å². The van der Waals surface area contributed by atoms with Crippen molar-refractivity contribution in [1.29, 1.82) is 0 Å². The van der Waals surface area contributed by atoms with Gasteiger partial charge in [0.25, 0.3) is 0 Å². The first-order valence-corrected chi connectivity index (χ1v) is 9.02. The highest BCUT2D eigenvalue weighted by molar-refractivity contribution is 5.90.